The summed E-state index contributed by atoms with van der Waals surface area (Å²) in [5, 5.41) is 22.2. The zero-order valence-electron chi connectivity index (χ0n) is 17.4. The maximum Gasteiger partial charge on any atom is 0.344 e. The molecule has 0 spiro atoms. The number of nitro benzene ring substituents is 2. The normalized spacial score (nSPS) is 10.6. The van der Waals surface area contributed by atoms with Crippen LogP contribution in [0.2, 0.25) is 0 Å². The second kappa shape index (κ2) is 8.82. The molecular formula is C23H14N2O9. The molecule has 0 aliphatic rings. The van der Waals surface area contributed by atoms with Crippen LogP contribution in [0.3, 0.4) is 0 Å². The Balaban J connectivity index is 1.61. The lowest BCUT2D eigenvalue weighted by atomic mass is 10.1. The van der Waals surface area contributed by atoms with E-state index in [1.807, 2.05) is 13.0 Å². The summed E-state index contributed by atoms with van der Waals surface area (Å²) >= 11 is 0. The molecule has 0 fully saturated rings. The van der Waals surface area contributed by atoms with E-state index in [1.165, 1.54) is 18.2 Å². The third kappa shape index (κ3) is 4.58. The van der Waals surface area contributed by atoms with Crippen molar-refractivity contribution in [2.45, 2.75) is 6.92 Å². The topological polar surface area (TPSA) is 152 Å². The van der Waals surface area contributed by atoms with Crippen molar-refractivity contribution >= 4 is 28.3 Å². The molecule has 0 aliphatic heterocycles. The molecule has 0 N–H and O–H groups in total. The molecule has 0 amide bonds. The van der Waals surface area contributed by atoms with Gasteiger partial charge in [0.2, 0.25) is 11.2 Å². The molecule has 4 rings (SSSR count). The highest BCUT2D eigenvalue weighted by atomic mass is 16.6. The van der Waals surface area contributed by atoms with Crippen molar-refractivity contribution < 1.29 is 28.5 Å². The lowest BCUT2D eigenvalue weighted by Gasteiger charge is -2.08. The van der Waals surface area contributed by atoms with Crippen molar-refractivity contribution in [3.8, 4) is 17.2 Å². The number of nitro groups is 2. The summed E-state index contributed by atoms with van der Waals surface area (Å²) in [7, 11) is 0. The number of hydrogen-bond acceptors (Lipinski definition) is 9. The molecule has 1 aromatic heterocycles. The van der Waals surface area contributed by atoms with Gasteiger partial charge in [0.15, 0.2) is 0 Å². The van der Waals surface area contributed by atoms with Crippen molar-refractivity contribution in [3.63, 3.8) is 0 Å². The zero-order valence-corrected chi connectivity index (χ0v) is 17.4. The van der Waals surface area contributed by atoms with E-state index >= 15 is 0 Å². The number of non-ortho nitro benzene ring substituents is 2. The van der Waals surface area contributed by atoms with Crippen molar-refractivity contribution in [1.82, 2.24) is 0 Å². The average molecular weight is 462 g/mol. The van der Waals surface area contributed by atoms with Crippen LogP contribution in [0.1, 0.15) is 15.9 Å². The van der Waals surface area contributed by atoms with E-state index in [0.717, 1.165) is 30.0 Å². The summed E-state index contributed by atoms with van der Waals surface area (Å²) in [4.78, 5) is 45.6. The summed E-state index contributed by atoms with van der Waals surface area (Å²) in [6.07, 6.45) is 1.13. The summed E-state index contributed by atoms with van der Waals surface area (Å²) in [6, 6.07) is 13.5. The van der Waals surface area contributed by atoms with Gasteiger partial charge in [-0.3, -0.25) is 25.0 Å². The van der Waals surface area contributed by atoms with Gasteiger partial charge in [-0.1, -0.05) is 12.1 Å². The van der Waals surface area contributed by atoms with E-state index in [1.54, 1.807) is 18.2 Å². The van der Waals surface area contributed by atoms with Gasteiger partial charge in [-0.25, -0.2) is 4.79 Å². The van der Waals surface area contributed by atoms with Crippen LogP contribution in [0.15, 0.2) is 76.1 Å². The second-order valence-electron chi connectivity index (χ2n) is 7.15. The number of carbonyl (C=O) groups is 1. The number of carbonyl (C=O) groups excluding carboxylic acids is 1. The predicted molar refractivity (Wildman–Crippen MR) is 118 cm³/mol. The molecule has 11 heteroatoms. The SMILES string of the molecule is Cc1cccc(Oc2coc3cc(OC(=O)c4cc([N+](=O)[O-])cc([N+](=O)[O-])c4)ccc3c2=O)c1. The van der Waals surface area contributed by atoms with E-state index in [2.05, 4.69) is 0 Å². The van der Waals surface area contributed by atoms with Gasteiger partial charge in [-0.05, 0) is 36.8 Å². The minimum Gasteiger partial charge on any atom is -0.460 e. The lowest BCUT2D eigenvalue weighted by Crippen LogP contribution is -2.10. The van der Waals surface area contributed by atoms with Crippen molar-refractivity contribution in [3.05, 3.63) is 109 Å². The van der Waals surface area contributed by atoms with E-state index < -0.39 is 32.6 Å². The van der Waals surface area contributed by atoms with Gasteiger partial charge in [0, 0.05) is 18.2 Å². The van der Waals surface area contributed by atoms with Crippen LogP contribution in [-0.4, -0.2) is 15.8 Å². The molecule has 0 bridgehead atoms. The third-order valence-corrected chi connectivity index (χ3v) is 4.70. The van der Waals surface area contributed by atoms with Gasteiger partial charge in [0.25, 0.3) is 11.4 Å². The van der Waals surface area contributed by atoms with Crippen molar-refractivity contribution in [2.75, 3.05) is 0 Å². The minimum absolute atomic E-state index is 0.0354. The third-order valence-electron chi connectivity index (χ3n) is 4.70. The summed E-state index contributed by atoms with van der Waals surface area (Å²) < 4.78 is 16.2. The number of nitrogens with zero attached hydrogens (tertiary/aromatic N) is 2. The van der Waals surface area contributed by atoms with Gasteiger partial charge >= 0.3 is 5.97 Å². The fourth-order valence-corrected chi connectivity index (χ4v) is 3.12. The highest BCUT2D eigenvalue weighted by Gasteiger charge is 2.21. The molecule has 0 saturated carbocycles. The first kappa shape index (κ1) is 22.1. The quantitative estimate of drug-likeness (QED) is 0.168. The molecule has 0 aliphatic carbocycles. The molecule has 0 saturated heterocycles. The number of hydrogen-bond donors (Lipinski definition) is 0. The fraction of sp³-hybridized carbons (Fsp3) is 0.0435. The Morgan fingerprint density at radius 1 is 0.912 bits per heavy atom. The van der Waals surface area contributed by atoms with Crippen LogP contribution in [0.4, 0.5) is 11.4 Å². The van der Waals surface area contributed by atoms with Crippen LogP contribution < -0.4 is 14.9 Å². The Morgan fingerprint density at radius 3 is 2.26 bits per heavy atom. The Morgan fingerprint density at radius 2 is 1.62 bits per heavy atom. The van der Waals surface area contributed by atoms with Crippen LogP contribution in [0.25, 0.3) is 11.0 Å². The summed E-state index contributed by atoms with van der Waals surface area (Å²) in [5.41, 5.74) is -1.06. The second-order valence-corrected chi connectivity index (χ2v) is 7.15. The van der Waals surface area contributed by atoms with Gasteiger partial charge in [0.05, 0.1) is 26.9 Å². The summed E-state index contributed by atoms with van der Waals surface area (Å²) in [5.74, 6) is -0.676. The molecular weight excluding hydrogens is 448 g/mol. The first-order valence-corrected chi connectivity index (χ1v) is 9.67. The van der Waals surface area contributed by atoms with Crippen LogP contribution in [-0.2, 0) is 0 Å². The van der Waals surface area contributed by atoms with Crippen molar-refractivity contribution in [1.29, 1.82) is 0 Å². The zero-order chi connectivity index (χ0) is 24.4. The average Bonchev–Trinajstić information content (AvgIpc) is 2.80. The molecule has 3 aromatic carbocycles. The highest BCUT2D eigenvalue weighted by molar-refractivity contribution is 5.93. The molecule has 0 radical (unpaired) electrons. The van der Waals surface area contributed by atoms with E-state index in [0.29, 0.717) is 5.75 Å². The van der Waals surface area contributed by atoms with Crippen LogP contribution >= 0.6 is 0 Å². The number of aryl methyl sites for hydroxylation is 1. The maximum absolute atomic E-state index is 12.8. The predicted octanol–water partition coefficient (Wildman–Crippen LogP) is 4.93. The standard InChI is InChI=1S/C23H14N2O9/c1-13-3-2-4-17(7-13)33-21-12-32-20-11-18(5-6-19(20)22(21)26)34-23(27)14-8-15(24(28)29)10-16(9-14)25(30)31/h2-12H,1H3. The van der Waals surface area contributed by atoms with Crippen LogP contribution in [0, 0.1) is 27.2 Å². The molecule has 4 aromatic rings. The Hall–Kier alpha value is -5.06. The lowest BCUT2D eigenvalue weighted by molar-refractivity contribution is -0.394. The Labute approximate surface area is 190 Å². The number of ether oxygens (including phenoxy) is 2. The Bertz CT molecular complexity index is 1490. The molecule has 1 heterocycles. The number of fused-ring (bicyclic) bond motifs is 1. The molecule has 0 unspecified atom stereocenters. The summed E-state index contributed by atoms with van der Waals surface area (Å²) in [6.45, 7) is 1.88. The van der Waals surface area contributed by atoms with Crippen LogP contribution in [0.5, 0.6) is 17.2 Å². The smallest absolute Gasteiger partial charge is 0.344 e. The highest BCUT2D eigenvalue weighted by Crippen LogP contribution is 2.27. The monoisotopic (exact) mass is 462 g/mol. The first-order chi connectivity index (χ1) is 16.2. The van der Waals surface area contributed by atoms with Gasteiger partial charge in [-0.15, -0.1) is 0 Å². The maximum atomic E-state index is 12.8. The number of esters is 1. The van der Waals surface area contributed by atoms with E-state index in [9.17, 15) is 29.8 Å². The number of rotatable bonds is 6. The molecule has 34 heavy (non-hydrogen) atoms. The fourth-order valence-electron chi connectivity index (χ4n) is 3.12. The van der Waals surface area contributed by atoms with Gasteiger partial charge in [0.1, 0.15) is 23.3 Å². The minimum atomic E-state index is -1.06. The molecule has 11 nitrogen and oxygen atoms in total. The van der Waals surface area contributed by atoms with Gasteiger partial charge in [-0.2, -0.15) is 0 Å². The van der Waals surface area contributed by atoms with E-state index in [-0.39, 0.29) is 28.0 Å². The first-order valence-electron chi connectivity index (χ1n) is 9.67. The Kier molecular flexibility index (Phi) is 5.75. The molecule has 170 valence electrons. The van der Waals surface area contributed by atoms with Crippen molar-refractivity contribution in [2.24, 2.45) is 0 Å². The largest absolute Gasteiger partial charge is 0.460 e. The van der Waals surface area contributed by atoms with E-state index in [4.69, 9.17) is 13.9 Å². The molecule has 0 atom stereocenters. The van der Waals surface area contributed by atoms with Gasteiger partial charge < -0.3 is 13.9 Å². The number of benzene rings is 3.